The summed E-state index contributed by atoms with van der Waals surface area (Å²) in [5, 5.41) is 5.71. The maximum atomic E-state index is 13.6. The van der Waals surface area contributed by atoms with Crippen LogP contribution in [-0.2, 0) is 16.1 Å². The van der Waals surface area contributed by atoms with Gasteiger partial charge in [-0.25, -0.2) is 4.39 Å². The van der Waals surface area contributed by atoms with Gasteiger partial charge in [0.25, 0.3) is 0 Å². The lowest BCUT2D eigenvalue weighted by Gasteiger charge is -2.34. The molecule has 2 amide bonds. The Labute approximate surface area is 156 Å². The van der Waals surface area contributed by atoms with Crippen molar-refractivity contribution in [3.63, 3.8) is 0 Å². The van der Waals surface area contributed by atoms with E-state index in [9.17, 15) is 14.0 Å². The summed E-state index contributed by atoms with van der Waals surface area (Å²) < 4.78 is 13.6. The summed E-state index contributed by atoms with van der Waals surface area (Å²) in [6, 6.07) is 4.06. The van der Waals surface area contributed by atoms with E-state index in [2.05, 4.69) is 10.6 Å². The lowest BCUT2D eigenvalue weighted by Crippen LogP contribution is -2.56. The predicted octanol–water partition coefficient (Wildman–Crippen LogP) is 2.04. The summed E-state index contributed by atoms with van der Waals surface area (Å²) in [6.45, 7) is 2.13. The lowest BCUT2D eigenvalue weighted by atomic mass is 10.1. The van der Waals surface area contributed by atoms with Crippen LogP contribution in [0.1, 0.15) is 18.4 Å². The third-order valence-electron chi connectivity index (χ3n) is 4.04. The molecule has 0 bridgehead atoms. The summed E-state index contributed by atoms with van der Waals surface area (Å²) in [5.74, 6) is 0.192. The standard InChI is InChI=1S/C17H23ClFN3O2S/c1-25-8-2-5-20-16(23)10-15-17(24)21-6-7-22(15)11-12-3-4-13(18)14(19)9-12/h3-4,9,15H,2,5-8,10-11H2,1H3,(H,20,23)(H,21,24). The molecule has 1 heterocycles. The van der Waals surface area contributed by atoms with Crippen LogP contribution in [0.5, 0.6) is 0 Å². The first-order valence-corrected chi connectivity index (χ1v) is 9.99. The average molecular weight is 388 g/mol. The van der Waals surface area contributed by atoms with Crippen LogP contribution in [0.15, 0.2) is 18.2 Å². The highest BCUT2D eigenvalue weighted by Gasteiger charge is 2.31. The highest BCUT2D eigenvalue weighted by molar-refractivity contribution is 7.98. The Hall–Kier alpha value is -1.31. The van der Waals surface area contributed by atoms with Gasteiger partial charge >= 0.3 is 0 Å². The molecule has 8 heteroatoms. The van der Waals surface area contributed by atoms with Crippen LogP contribution in [0, 0.1) is 5.82 Å². The van der Waals surface area contributed by atoms with Gasteiger partial charge in [-0.15, -0.1) is 0 Å². The van der Waals surface area contributed by atoms with E-state index < -0.39 is 11.9 Å². The molecule has 1 aromatic carbocycles. The molecule has 1 aromatic rings. The molecule has 5 nitrogen and oxygen atoms in total. The molecule has 1 aliphatic rings. The number of halogens is 2. The second kappa shape index (κ2) is 9.99. The molecular weight excluding hydrogens is 365 g/mol. The minimum Gasteiger partial charge on any atom is -0.356 e. The molecule has 25 heavy (non-hydrogen) atoms. The summed E-state index contributed by atoms with van der Waals surface area (Å²) in [6.07, 6.45) is 3.02. The number of hydrogen-bond acceptors (Lipinski definition) is 4. The zero-order chi connectivity index (χ0) is 18.2. The van der Waals surface area contributed by atoms with E-state index in [0.29, 0.717) is 26.2 Å². The Morgan fingerprint density at radius 3 is 3.04 bits per heavy atom. The number of piperazine rings is 1. The zero-order valence-corrected chi connectivity index (χ0v) is 15.8. The SMILES string of the molecule is CSCCCNC(=O)CC1C(=O)NCCN1Cc1ccc(Cl)c(F)c1. The van der Waals surface area contributed by atoms with Crippen molar-refractivity contribution in [1.29, 1.82) is 0 Å². The largest absolute Gasteiger partial charge is 0.356 e. The Bertz CT molecular complexity index is 618. The first-order chi connectivity index (χ1) is 12.0. The predicted molar refractivity (Wildman–Crippen MR) is 99.2 cm³/mol. The van der Waals surface area contributed by atoms with Crippen molar-refractivity contribution >= 4 is 35.2 Å². The Morgan fingerprint density at radius 2 is 2.32 bits per heavy atom. The number of amides is 2. The van der Waals surface area contributed by atoms with Crippen LogP contribution in [-0.4, -0.2) is 54.4 Å². The van der Waals surface area contributed by atoms with Crippen LogP contribution < -0.4 is 10.6 Å². The monoisotopic (exact) mass is 387 g/mol. The molecule has 0 aromatic heterocycles. The van der Waals surface area contributed by atoms with Gasteiger partial charge in [-0.05, 0) is 36.1 Å². The van der Waals surface area contributed by atoms with Crippen molar-refractivity contribution in [2.75, 3.05) is 31.6 Å². The highest BCUT2D eigenvalue weighted by atomic mass is 35.5. The lowest BCUT2D eigenvalue weighted by molar-refractivity contribution is -0.134. The molecule has 0 saturated carbocycles. The normalized spacial score (nSPS) is 18.0. The van der Waals surface area contributed by atoms with E-state index in [0.717, 1.165) is 17.7 Å². The van der Waals surface area contributed by atoms with E-state index in [1.807, 2.05) is 11.2 Å². The van der Waals surface area contributed by atoms with Crippen molar-refractivity contribution in [3.05, 3.63) is 34.6 Å². The number of rotatable bonds is 8. The summed E-state index contributed by atoms with van der Waals surface area (Å²) in [4.78, 5) is 26.2. The fraction of sp³-hybridized carbons (Fsp3) is 0.529. The molecule has 1 unspecified atom stereocenters. The molecule has 2 N–H and O–H groups in total. The maximum Gasteiger partial charge on any atom is 0.237 e. The molecule has 0 spiro atoms. The number of carbonyl (C=O) groups is 2. The Kier molecular flexibility index (Phi) is 7.99. The molecule has 1 fully saturated rings. The van der Waals surface area contributed by atoms with Crippen molar-refractivity contribution in [1.82, 2.24) is 15.5 Å². The number of benzene rings is 1. The third-order valence-corrected chi connectivity index (χ3v) is 5.04. The molecule has 1 atom stereocenters. The Balaban J connectivity index is 1.96. The molecule has 0 radical (unpaired) electrons. The summed E-state index contributed by atoms with van der Waals surface area (Å²) >= 11 is 7.44. The quantitative estimate of drug-likeness (QED) is 0.670. The molecule has 2 rings (SSSR count). The third kappa shape index (κ3) is 6.17. The number of hydrogen-bond donors (Lipinski definition) is 2. The second-order valence-corrected chi connectivity index (χ2v) is 7.32. The topological polar surface area (TPSA) is 61.4 Å². The molecule has 138 valence electrons. The van der Waals surface area contributed by atoms with Crippen LogP contribution in [0.3, 0.4) is 0 Å². The molecule has 1 aliphatic heterocycles. The van der Waals surface area contributed by atoms with Gasteiger partial charge in [0.2, 0.25) is 11.8 Å². The van der Waals surface area contributed by atoms with Crippen LogP contribution >= 0.6 is 23.4 Å². The van der Waals surface area contributed by atoms with Gasteiger partial charge in [0.15, 0.2) is 0 Å². The van der Waals surface area contributed by atoms with Gasteiger partial charge in [-0.2, -0.15) is 11.8 Å². The highest BCUT2D eigenvalue weighted by Crippen LogP contribution is 2.19. The van der Waals surface area contributed by atoms with E-state index in [1.165, 1.54) is 12.1 Å². The van der Waals surface area contributed by atoms with Crippen LogP contribution in [0.2, 0.25) is 5.02 Å². The average Bonchev–Trinajstić information content (AvgIpc) is 2.58. The number of thioether (sulfide) groups is 1. The van der Waals surface area contributed by atoms with Gasteiger partial charge < -0.3 is 10.6 Å². The van der Waals surface area contributed by atoms with Gasteiger partial charge in [0, 0.05) is 26.2 Å². The second-order valence-electron chi connectivity index (χ2n) is 5.93. The molecule has 1 saturated heterocycles. The molecule has 0 aliphatic carbocycles. The van der Waals surface area contributed by atoms with E-state index >= 15 is 0 Å². The van der Waals surface area contributed by atoms with Crippen molar-refractivity contribution in [2.24, 2.45) is 0 Å². The number of nitrogens with one attached hydrogen (secondary N) is 2. The Morgan fingerprint density at radius 1 is 1.52 bits per heavy atom. The van der Waals surface area contributed by atoms with Gasteiger partial charge in [0.05, 0.1) is 17.5 Å². The van der Waals surface area contributed by atoms with E-state index in [4.69, 9.17) is 11.6 Å². The van der Waals surface area contributed by atoms with Crippen LogP contribution in [0.4, 0.5) is 4.39 Å². The zero-order valence-electron chi connectivity index (χ0n) is 14.2. The smallest absolute Gasteiger partial charge is 0.237 e. The van der Waals surface area contributed by atoms with Gasteiger partial charge in [0.1, 0.15) is 5.82 Å². The summed E-state index contributed by atoms with van der Waals surface area (Å²) in [7, 11) is 0. The number of nitrogens with zero attached hydrogens (tertiary/aromatic N) is 1. The van der Waals surface area contributed by atoms with Crippen molar-refractivity contribution < 1.29 is 14.0 Å². The molecular formula is C17H23ClFN3O2S. The fourth-order valence-electron chi connectivity index (χ4n) is 2.74. The number of carbonyl (C=O) groups excluding carboxylic acids is 2. The first kappa shape index (κ1) is 20.0. The van der Waals surface area contributed by atoms with E-state index in [1.54, 1.807) is 17.8 Å². The first-order valence-electron chi connectivity index (χ1n) is 8.22. The minimum atomic E-state index is -0.548. The van der Waals surface area contributed by atoms with E-state index in [-0.39, 0.29) is 23.3 Å². The maximum absolute atomic E-state index is 13.6. The fourth-order valence-corrected chi connectivity index (χ4v) is 3.29. The van der Waals surface area contributed by atoms with Crippen molar-refractivity contribution in [3.8, 4) is 0 Å². The van der Waals surface area contributed by atoms with Crippen molar-refractivity contribution in [2.45, 2.75) is 25.4 Å². The summed E-state index contributed by atoms with van der Waals surface area (Å²) in [5.41, 5.74) is 0.724. The van der Waals surface area contributed by atoms with Gasteiger partial charge in [-0.3, -0.25) is 14.5 Å². The minimum absolute atomic E-state index is 0.0707. The van der Waals surface area contributed by atoms with Gasteiger partial charge in [-0.1, -0.05) is 17.7 Å². The van der Waals surface area contributed by atoms with Crippen LogP contribution in [0.25, 0.3) is 0 Å².